The topological polar surface area (TPSA) is 43.6 Å². The first kappa shape index (κ1) is 27.5. The molecule has 4 heteroatoms. The van der Waals surface area contributed by atoms with E-state index in [2.05, 4.69) is 156 Å². The zero-order valence-electron chi connectivity index (χ0n) is 26.5. The van der Waals surface area contributed by atoms with Gasteiger partial charge < -0.3 is 4.57 Å². The summed E-state index contributed by atoms with van der Waals surface area (Å²) in [6, 6.07) is 59.8. The van der Waals surface area contributed by atoms with Gasteiger partial charge in [0.25, 0.3) is 0 Å². The van der Waals surface area contributed by atoms with Crippen LogP contribution in [0.2, 0.25) is 0 Å². The van der Waals surface area contributed by atoms with E-state index in [0.29, 0.717) is 17.5 Å². The van der Waals surface area contributed by atoms with Gasteiger partial charge in [0, 0.05) is 33.2 Å². The molecule has 49 heavy (non-hydrogen) atoms. The highest BCUT2D eigenvalue weighted by molar-refractivity contribution is 6.28. The molecule has 0 aliphatic heterocycles. The second kappa shape index (κ2) is 11.0. The summed E-state index contributed by atoms with van der Waals surface area (Å²) in [5.74, 6) is 1.94. The maximum Gasteiger partial charge on any atom is 0.164 e. The summed E-state index contributed by atoms with van der Waals surface area (Å²) in [6.45, 7) is 0. The Kier molecular flexibility index (Phi) is 6.15. The van der Waals surface area contributed by atoms with Crippen LogP contribution >= 0.6 is 0 Å². The van der Waals surface area contributed by atoms with Crippen molar-refractivity contribution in [1.29, 1.82) is 0 Å². The molecule has 0 radical (unpaired) electrons. The second-order valence-electron chi connectivity index (χ2n) is 12.4. The molecule has 0 aliphatic carbocycles. The lowest BCUT2D eigenvalue weighted by atomic mass is 10.00. The van der Waals surface area contributed by atoms with Crippen LogP contribution in [0.25, 0.3) is 94.0 Å². The van der Waals surface area contributed by atoms with Gasteiger partial charge in [-0.15, -0.1) is 0 Å². The molecule has 0 spiro atoms. The summed E-state index contributed by atoms with van der Waals surface area (Å²) in [7, 11) is 0. The lowest BCUT2D eigenvalue weighted by Crippen LogP contribution is -2.01. The van der Waals surface area contributed by atoms with Gasteiger partial charge in [-0.05, 0) is 56.6 Å². The van der Waals surface area contributed by atoms with Gasteiger partial charge >= 0.3 is 0 Å². The Morgan fingerprint density at radius 1 is 0.347 bits per heavy atom. The molecule has 228 valence electrons. The van der Waals surface area contributed by atoms with Crippen LogP contribution < -0.4 is 0 Å². The number of rotatable bonds is 4. The molecule has 8 aromatic carbocycles. The van der Waals surface area contributed by atoms with Crippen molar-refractivity contribution in [3.05, 3.63) is 170 Å². The van der Waals surface area contributed by atoms with Crippen molar-refractivity contribution in [2.45, 2.75) is 0 Å². The summed E-state index contributed by atoms with van der Waals surface area (Å²) in [6.07, 6.45) is 0. The summed E-state index contributed by atoms with van der Waals surface area (Å²) >= 11 is 0. The first-order valence-electron chi connectivity index (χ1n) is 16.5. The quantitative estimate of drug-likeness (QED) is 0.196. The molecule has 0 amide bonds. The molecule has 0 bridgehead atoms. The zero-order chi connectivity index (χ0) is 32.3. The van der Waals surface area contributed by atoms with Gasteiger partial charge in [-0.1, -0.05) is 146 Å². The largest absolute Gasteiger partial charge is 0.309 e. The van der Waals surface area contributed by atoms with Gasteiger partial charge in [-0.2, -0.15) is 0 Å². The molecule has 0 saturated carbocycles. The van der Waals surface area contributed by atoms with Crippen molar-refractivity contribution >= 4 is 54.1 Å². The van der Waals surface area contributed by atoms with E-state index in [9.17, 15) is 0 Å². The van der Waals surface area contributed by atoms with E-state index in [-0.39, 0.29) is 0 Å². The van der Waals surface area contributed by atoms with E-state index >= 15 is 0 Å². The number of hydrogen-bond acceptors (Lipinski definition) is 3. The average molecular weight is 625 g/mol. The minimum atomic E-state index is 0.635. The Morgan fingerprint density at radius 3 is 1.51 bits per heavy atom. The molecule has 0 unspecified atom stereocenters. The minimum absolute atomic E-state index is 0.635. The smallest absolute Gasteiger partial charge is 0.164 e. The van der Waals surface area contributed by atoms with E-state index in [1.165, 1.54) is 43.4 Å². The van der Waals surface area contributed by atoms with Crippen LogP contribution in [0, 0.1) is 0 Å². The number of nitrogens with zero attached hydrogens (tertiary/aromatic N) is 4. The summed E-state index contributed by atoms with van der Waals surface area (Å²) in [5.41, 5.74) is 6.24. The molecule has 0 atom stereocenters. The predicted octanol–water partition coefficient (Wildman–Crippen LogP) is 11.4. The van der Waals surface area contributed by atoms with Gasteiger partial charge in [-0.25, -0.2) is 15.0 Å². The maximum absolute atomic E-state index is 5.15. The monoisotopic (exact) mass is 624 g/mol. The van der Waals surface area contributed by atoms with Crippen LogP contribution in [0.4, 0.5) is 0 Å². The van der Waals surface area contributed by atoms with Crippen LogP contribution in [-0.4, -0.2) is 19.5 Å². The van der Waals surface area contributed by atoms with Crippen molar-refractivity contribution in [1.82, 2.24) is 19.5 Å². The van der Waals surface area contributed by atoms with E-state index in [1.807, 2.05) is 18.2 Å². The van der Waals surface area contributed by atoms with Crippen molar-refractivity contribution in [2.75, 3.05) is 0 Å². The normalized spacial score (nSPS) is 11.7. The highest BCUT2D eigenvalue weighted by Gasteiger charge is 2.19. The van der Waals surface area contributed by atoms with Crippen molar-refractivity contribution in [3.8, 4) is 39.9 Å². The van der Waals surface area contributed by atoms with Gasteiger partial charge in [0.15, 0.2) is 17.5 Å². The number of fused-ring (bicyclic) bond motifs is 8. The predicted molar refractivity (Wildman–Crippen MR) is 203 cm³/mol. The fraction of sp³-hybridized carbons (Fsp3) is 0. The van der Waals surface area contributed by atoms with Gasteiger partial charge in [0.05, 0.1) is 11.0 Å². The minimum Gasteiger partial charge on any atom is -0.309 e. The van der Waals surface area contributed by atoms with Crippen LogP contribution in [0.1, 0.15) is 0 Å². The van der Waals surface area contributed by atoms with Gasteiger partial charge in [0.1, 0.15) is 0 Å². The number of hydrogen-bond donors (Lipinski definition) is 0. The summed E-state index contributed by atoms with van der Waals surface area (Å²) in [4.78, 5) is 15.3. The standard InChI is InChI=1S/C45H28N4/c1-2-15-32(16-3-1)43-46-44(48-45(47-43)38-23-11-17-29-12-4-7-20-35(29)38)33-18-10-19-34(28-33)49-39-26-24-30-13-5-8-21-36(30)41(39)42-37-22-9-6-14-31(37)25-27-40(42)49/h1-28H. The Balaban J connectivity index is 1.23. The average Bonchev–Trinajstić information content (AvgIpc) is 3.53. The molecule has 0 saturated heterocycles. The van der Waals surface area contributed by atoms with Crippen LogP contribution in [0.3, 0.4) is 0 Å². The Bertz CT molecular complexity index is 2790. The van der Waals surface area contributed by atoms with Crippen molar-refractivity contribution in [3.63, 3.8) is 0 Å². The highest BCUT2D eigenvalue weighted by Crippen LogP contribution is 2.41. The molecule has 2 heterocycles. The molecule has 10 aromatic rings. The molecular formula is C45H28N4. The number of benzene rings is 8. The summed E-state index contributed by atoms with van der Waals surface area (Å²) < 4.78 is 2.39. The fourth-order valence-electron chi connectivity index (χ4n) is 7.37. The van der Waals surface area contributed by atoms with E-state index in [0.717, 1.165) is 33.2 Å². The van der Waals surface area contributed by atoms with Crippen molar-refractivity contribution < 1.29 is 0 Å². The lowest BCUT2D eigenvalue weighted by Gasteiger charge is -2.12. The molecule has 10 rings (SSSR count). The lowest BCUT2D eigenvalue weighted by molar-refractivity contribution is 1.07. The third-order valence-corrected chi connectivity index (χ3v) is 9.61. The molecule has 2 aromatic heterocycles. The first-order valence-corrected chi connectivity index (χ1v) is 16.5. The van der Waals surface area contributed by atoms with Gasteiger partial charge in [0.2, 0.25) is 0 Å². The molecule has 0 aliphatic rings. The maximum atomic E-state index is 5.15. The van der Waals surface area contributed by atoms with Crippen LogP contribution in [0.5, 0.6) is 0 Å². The molecular weight excluding hydrogens is 597 g/mol. The SMILES string of the molecule is c1ccc(-c2nc(-c3cccc(-n4c5ccc6ccccc6c5c5c6ccccc6ccc54)c3)nc(-c3cccc4ccccc34)n2)cc1. The zero-order valence-corrected chi connectivity index (χ0v) is 26.5. The Morgan fingerprint density at radius 2 is 0.837 bits per heavy atom. The van der Waals surface area contributed by atoms with Crippen molar-refractivity contribution in [2.24, 2.45) is 0 Å². The molecule has 4 nitrogen and oxygen atoms in total. The van der Waals surface area contributed by atoms with E-state index in [1.54, 1.807) is 0 Å². The van der Waals surface area contributed by atoms with Crippen LogP contribution in [-0.2, 0) is 0 Å². The van der Waals surface area contributed by atoms with E-state index < -0.39 is 0 Å². The van der Waals surface area contributed by atoms with Gasteiger partial charge in [-0.3, -0.25) is 0 Å². The molecule has 0 N–H and O–H groups in total. The highest BCUT2D eigenvalue weighted by atomic mass is 15.0. The third kappa shape index (κ3) is 4.42. The number of aromatic nitrogens is 4. The van der Waals surface area contributed by atoms with Crippen LogP contribution in [0.15, 0.2) is 170 Å². The first-order chi connectivity index (χ1) is 24.3. The Labute approximate surface area is 282 Å². The summed E-state index contributed by atoms with van der Waals surface area (Å²) in [5, 5.41) is 9.75. The third-order valence-electron chi connectivity index (χ3n) is 9.61. The fourth-order valence-corrected chi connectivity index (χ4v) is 7.37. The van der Waals surface area contributed by atoms with E-state index in [4.69, 9.17) is 15.0 Å². The Hall–Kier alpha value is -6.65. The molecule has 0 fully saturated rings. The second-order valence-corrected chi connectivity index (χ2v) is 12.4.